The summed E-state index contributed by atoms with van der Waals surface area (Å²) in [4.78, 5) is 12.6. The number of nitrogens with one attached hydrogen (secondary N) is 1. The van der Waals surface area contributed by atoms with Crippen LogP contribution in [0, 0.1) is 0 Å². The van der Waals surface area contributed by atoms with Crippen LogP contribution in [0.1, 0.15) is 21.6 Å². The SMILES string of the molecule is O=C(Cc1ccc(Br)cc1)n1c(Br)cc2c1CCNC2. The molecule has 2 heterocycles. The fourth-order valence-corrected chi connectivity index (χ4v) is 3.50. The number of hydrogen-bond acceptors (Lipinski definition) is 2. The summed E-state index contributed by atoms with van der Waals surface area (Å²) >= 11 is 6.92. The minimum absolute atomic E-state index is 0.113. The molecular weight excluding hydrogens is 384 g/mol. The molecule has 20 heavy (non-hydrogen) atoms. The molecule has 0 spiro atoms. The first-order chi connectivity index (χ1) is 9.65. The number of halogens is 2. The normalized spacial score (nSPS) is 14.1. The Labute approximate surface area is 134 Å². The monoisotopic (exact) mass is 396 g/mol. The summed E-state index contributed by atoms with van der Waals surface area (Å²) in [7, 11) is 0. The topological polar surface area (TPSA) is 34.0 Å². The van der Waals surface area contributed by atoms with Gasteiger partial charge in [0.15, 0.2) is 0 Å². The van der Waals surface area contributed by atoms with Gasteiger partial charge in [-0.1, -0.05) is 28.1 Å². The Hall–Kier alpha value is -0.910. The summed E-state index contributed by atoms with van der Waals surface area (Å²) in [5.74, 6) is 0.113. The second-order valence-corrected chi connectivity index (χ2v) is 6.63. The first-order valence-electron chi connectivity index (χ1n) is 6.52. The van der Waals surface area contributed by atoms with E-state index in [0.717, 1.165) is 39.8 Å². The number of rotatable bonds is 2. The van der Waals surface area contributed by atoms with Gasteiger partial charge >= 0.3 is 0 Å². The van der Waals surface area contributed by atoms with Crippen LogP contribution in [-0.4, -0.2) is 17.0 Å². The smallest absolute Gasteiger partial charge is 0.236 e. The molecule has 0 unspecified atom stereocenters. The highest BCUT2D eigenvalue weighted by molar-refractivity contribution is 9.10. The van der Waals surface area contributed by atoms with Gasteiger partial charge in [0.05, 0.1) is 11.0 Å². The Bertz CT molecular complexity index is 647. The van der Waals surface area contributed by atoms with Crippen molar-refractivity contribution in [2.45, 2.75) is 19.4 Å². The summed E-state index contributed by atoms with van der Waals surface area (Å²) < 4.78 is 3.70. The number of carbonyl (C=O) groups excluding carboxylic acids is 1. The number of aromatic nitrogens is 1. The van der Waals surface area contributed by atoms with Crippen LogP contribution in [0.5, 0.6) is 0 Å². The Morgan fingerprint density at radius 2 is 2.00 bits per heavy atom. The molecule has 0 saturated heterocycles. The maximum absolute atomic E-state index is 12.6. The standard InChI is InChI=1S/C15H14Br2N2O/c16-12-3-1-10(2-4-12)7-15(20)19-13-5-6-18-9-11(13)8-14(19)17/h1-4,8,18H,5-7,9H2. The van der Waals surface area contributed by atoms with Gasteiger partial charge in [-0.05, 0) is 45.3 Å². The first-order valence-corrected chi connectivity index (χ1v) is 8.11. The molecule has 0 atom stereocenters. The van der Waals surface area contributed by atoms with Crippen molar-refractivity contribution in [2.75, 3.05) is 6.54 Å². The largest absolute Gasteiger partial charge is 0.312 e. The van der Waals surface area contributed by atoms with Crippen LogP contribution in [0.2, 0.25) is 0 Å². The van der Waals surface area contributed by atoms with Gasteiger partial charge in [-0.2, -0.15) is 0 Å². The van der Waals surface area contributed by atoms with Gasteiger partial charge in [-0.15, -0.1) is 0 Å². The minimum atomic E-state index is 0.113. The molecule has 0 aliphatic carbocycles. The molecule has 0 amide bonds. The maximum atomic E-state index is 12.6. The summed E-state index contributed by atoms with van der Waals surface area (Å²) in [5.41, 5.74) is 3.38. The van der Waals surface area contributed by atoms with E-state index in [-0.39, 0.29) is 5.91 Å². The lowest BCUT2D eigenvalue weighted by Gasteiger charge is -2.16. The maximum Gasteiger partial charge on any atom is 0.236 e. The van der Waals surface area contributed by atoms with Crippen molar-refractivity contribution < 1.29 is 4.79 Å². The van der Waals surface area contributed by atoms with Crippen molar-refractivity contribution in [3.63, 3.8) is 0 Å². The second kappa shape index (κ2) is 5.84. The van der Waals surface area contributed by atoms with Crippen LogP contribution in [0.25, 0.3) is 0 Å². The zero-order valence-electron chi connectivity index (χ0n) is 10.8. The lowest BCUT2D eigenvalue weighted by Crippen LogP contribution is -2.26. The molecule has 104 valence electrons. The van der Waals surface area contributed by atoms with Crippen LogP contribution in [-0.2, 0) is 19.4 Å². The molecule has 1 aliphatic rings. The molecule has 1 N–H and O–H groups in total. The fourth-order valence-electron chi connectivity index (χ4n) is 2.55. The van der Waals surface area contributed by atoms with Crippen molar-refractivity contribution in [1.29, 1.82) is 0 Å². The van der Waals surface area contributed by atoms with Gasteiger partial charge in [0.2, 0.25) is 5.91 Å². The molecule has 0 saturated carbocycles. The molecule has 0 bridgehead atoms. The Kier molecular flexibility index (Phi) is 4.10. The third kappa shape index (κ3) is 2.75. The number of fused-ring (bicyclic) bond motifs is 1. The quantitative estimate of drug-likeness (QED) is 0.840. The average Bonchev–Trinajstić information content (AvgIpc) is 2.77. The van der Waals surface area contributed by atoms with E-state index in [0.29, 0.717) is 6.42 Å². The first kappa shape index (κ1) is 14.0. The lowest BCUT2D eigenvalue weighted by molar-refractivity contribution is 0.0908. The van der Waals surface area contributed by atoms with Gasteiger partial charge in [0.25, 0.3) is 0 Å². The van der Waals surface area contributed by atoms with Crippen molar-refractivity contribution in [3.05, 3.63) is 56.2 Å². The lowest BCUT2D eigenvalue weighted by atomic mass is 10.1. The number of nitrogens with zero attached hydrogens (tertiary/aromatic N) is 1. The summed E-state index contributed by atoms with van der Waals surface area (Å²) in [5, 5.41) is 3.33. The van der Waals surface area contributed by atoms with E-state index in [1.165, 1.54) is 5.56 Å². The van der Waals surface area contributed by atoms with Gasteiger partial charge < -0.3 is 5.32 Å². The molecule has 2 aromatic rings. The second-order valence-electron chi connectivity index (χ2n) is 4.90. The van der Waals surface area contributed by atoms with Crippen molar-refractivity contribution in [2.24, 2.45) is 0 Å². The molecule has 1 aromatic heterocycles. The van der Waals surface area contributed by atoms with Crippen LogP contribution in [0.4, 0.5) is 0 Å². The van der Waals surface area contributed by atoms with Crippen molar-refractivity contribution in [3.8, 4) is 0 Å². The highest BCUT2D eigenvalue weighted by Crippen LogP contribution is 2.24. The highest BCUT2D eigenvalue weighted by atomic mass is 79.9. The predicted molar refractivity (Wildman–Crippen MR) is 86.0 cm³/mol. The third-order valence-electron chi connectivity index (χ3n) is 3.52. The van der Waals surface area contributed by atoms with E-state index < -0.39 is 0 Å². The molecule has 3 nitrogen and oxygen atoms in total. The Balaban J connectivity index is 1.87. The Morgan fingerprint density at radius 3 is 2.75 bits per heavy atom. The summed E-state index contributed by atoms with van der Waals surface area (Å²) in [6.45, 7) is 1.77. The molecule has 5 heteroatoms. The third-order valence-corrected chi connectivity index (χ3v) is 4.63. The molecule has 1 aliphatic heterocycles. The molecule has 1 aromatic carbocycles. The van der Waals surface area contributed by atoms with E-state index in [1.807, 2.05) is 34.9 Å². The van der Waals surface area contributed by atoms with Crippen LogP contribution < -0.4 is 5.32 Å². The predicted octanol–water partition coefficient (Wildman–Crippen LogP) is 3.54. The van der Waals surface area contributed by atoms with E-state index in [4.69, 9.17) is 0 Å². The fraction of sp³-hybridized carbons (Fsp3) is 0.267. The van der Waals surface area contributed by atoms with Crippen molar-refractivity contribution >= 4 is 37.8 Å². The molecule has 0 fully saturated rings. The molecular formula is C15H14Br2N2O. The minimum Gasteiger partial charge on any atom is -0.312 e. The highest BCUT2D eigenvalue weighted by Gasteiger charge is 2.20. The van der Waals surface area contributed by atoms with Crippen molar-refractivity contribution in [1.82, 2.24) is 9.88 Å². The number of carbonyl (C=O) groups is 1. The molecule has 0 radical (unpaired) electrons. The summed E-state index contributed by atoms with van der Waals surface area (Å²) in [6.07, 6.45) is 1.31. The number of hydrogen-bond donors (Lipinski definition) is 1. The molecule has 3 rings (SSSR count). The Morgan fingerprint density at radius 1 is 1.25 bits per heavy atom. The van der Waals surface area contributed by atoms with E-state index in [1.54, 1.807) is 0 Å². The van der Waals surface area contributed by atoms with E-state index in [2.05, 4.69) is 37.2 Å². The van der Waals surface area contributed by atoms with E-state index >= 15 is 0 Å². The number of benzene rings is 1. The van der Waals surface area contributed by atoms with Gasteiger partial charge in [-0.25, -0.2) is 0 Å². The average molecular weight is 398 g/mol. The zero-order chi connectivity index (χ0) is 14.1. The van der Waals surface area contributed by atoms with Gasteiger partial charge in [-0.3, -0.25) is 9.36 Å². The summed E-state index contributed by atoms with van der Waals surface area (Å²) in [6, 6.07) is 9.93. The zero-order valence-corrected chi connectivity index (χ0v) is 14.0. The van der Waals surface area contributed by atoms with Gasteiger partial charge in [0, 0.05) is 29.7 Å². The van der Waals surface area contributed by atoms with Crippen LogP contribution in [0.3, 0.4) is 0 Å². The van der Waals surface area contributed by atoms with Crippen LogP contribution >= 0.6 is 31.9 Å². The van der Waals surface area contributed by atoms with Gasteiger partial charge in [0.1, 0.15) is 0 Å². The van der Waals surface area contributed by atoms with E-state index in [9.17, 15) is 4.79 Å². The van der Waals surface area contributed by atoms with Crippen LogP contribution in [0.15, 0.2) is 39.4 Å².